The molecule has 1 unspecified atom stereocenters. The lowest BCUT2D eigenvalue weighted by Gasteiger charge is -2.21. The molecular weight excluding hydrogens is 288 g/mol. The molecule has 1 saturated heterocycles. The zero-order chi connectivity index (χ0) is 16.2. The van der Waals surface area contributed by atoms with Crippen molar-refractivity contribution in [2.45, 2.75) is 19.3 Å². The highest BCUT2D eigenvalue weighted by Gasteiger charge is 2.22. The zero-order valence-electron chi connectivity index (χ0n) is 13.3. The summed E-state index contributed by atoms with van der Waals surface area (Å²) in [4.78, 5) is 12.7. The van der Waals surface area contributed by atoms with Crippen LogP contribution in [-0.4, -0.2) is 26.0 Å². The highest BCUT2D eigenvalue weighted by Crippen LogP contribution is 2.30. The van der Waals surface area contributed by atoms with Crippen LogP contribution in [0.3, 0.4) is 0 Å². The van der Waals surface area contributed by atoms with Gasteiger partial charge in [0.1, 0.15) is 5.75 Å². The first kappa shape index (κ1) is 15.5. The van der Waals surface area contributed by atoms with Crippen molar-refractivity contribution in [3.05, 3.63) is 41.5 Å². The minimum absolute atomic E-state index is 0.0676. The fourth-order valence-corrected chi connectivity index (χ4v) is 3.29. The predicted octanol–water partition coefficient (Wildman–Crippen LogP) is 3.10. The number of hydrogen-bond acceptors (Lipinski definition) is 4. The van der Waals surface area contributed by atoms with E-state index in [2.05, 4.69) is 11.4 Å². The molecule has 1 aliphatic heterocycles. The third kappa shape index (κ3) is 3.06. The van der Waals surface area contributed by atoms with Gasteiger partial charge in [0.2, 0.25) is 0 Å². The largest absolute Gasteiger partial charge is 0.496 e. The van der Waals surface area contributed by atoms with Crippen LogP contribution in [0.5, 0.6) is 5.75 Å². The van der Waals surface area contributed by atoms with Crippen molar-refractivity contribution < 1.29 is 9.53 Å². The minimum Gasteiger partial charge on any atom is -0.496 e. The molecule has 1 heterocycles. The number of nitriles is 1. The number of nitrogens with zero attached hydrogens (tertiary/aromatic N) is 1. The molecule has 0 radical (unpaired) electrons. The molecule has 0 amide bonds. The van der Waals surface area contributed by atoms with Crippen LogP contribution in [0.15, 0.2) is 30.3 Å². The molecule has 1 fully saturated rings. The zero-order valence-corrected chi connectivity index (χ0v) is 13.3. The number of nitrogens with one attached hydrogen (secondary N) is 1. The van der Waals surface area contributed by atoms with Gasteiger partial charge in [0.15, 0.2) is 5.78 Å². The van der Waals surface area contributed by atoms with Crippen molar-refractivity contribution in [1.82, 2.24) is 5.32 Å². The summed E-state index contributed by atoms with van der Waals surface area (Å²) in [5.74, 6) is 0.990. The number of carbonyl (C=O) groups excluding carboxylic acids is 1. The second-order valence-corrected chi connectivity index (χ2v) is 5.92. The number of ketones is 1. The Balaban J connectivity index is 1.99. The quantitative estimate of drug-likeness (QED) is 0.882. The van der Waals surface area contributed by atoms with E-state index in [1.807, 2.05) is 30.3 Å². The molecule has 2 aromatic carbocycles. The van der Waals surface area contributed by atoms with Crippen LogP contribution in [0.4, 0.5) is 0 Å². The number of fused-ring (bicyclic) bond motifs is 1. The van der Waals surface area contributed by atoms with Crippen molar-refractivity contribution in [2.75, 3.05) is 20.2 Å². The molecule has 4 heteroatoms. The van der Waals surface area contributed by atoms with Gasteiger partial charge in [-0.05, 0) is 42.3 Å². The van der Waals surface area contributed by atoms with E-state index in [1.165, 1.54) is 0 Å². The Labute approximate surface area is 136 Å². The van der Waals surface area contributed by atoms with Crippen LogP contribution < -0.4 is 10.1 Å². The Morgan fingerprint density at radius 2 is 2.26 bits per heavy atom. The Morgan fingerprint density at radius 3 is 2.96 bits per heavy atom. The number of ether oxygens (including phenoxy) is 1. The third-order valence-corrected chi connectivity index (χ3v) is 4.52. The fraction of sp³-hybridized carbons (Fsp3) is 0.368. The molecule has 23 heavy (non-hydrogen) atoms. The van der Waals surface area contributed by atoms with Crippen LogP contribution >= 0.6 is 0 Å². The Bertz CT molecular complexity index is 771. The number of Topliss-reactive ketones (excluding diaryl/α,β-unsaturated/α-hetero) is 1. The van der Waals surface area contributed by atoms with Gasteiger partial charge in [0.05, 0.1) is 19.6 Å². The maximum atomic E-state index is 12.7. The molecule has 0 spiro atoms. The van der Waals surface area contributed by atoms with Gasteiger partial charge in [0, 0.05) is 23.6 Å². The normalized spacial score (nSPS) is 17.7. The van der Waals surface area contributed by atoms with Crippen molar-refractivity contribution in [3.63, 3.8) is 0 Å². The molecule has 0 bridgehead atoms. The van der Waals surface area contributed by atoms with Gasteiger partial charge in [-0.25, -0.2) is 0 Å². The first-order valence-electron chi connectivity index (χ1n) is 7.96. The number of piperidine rings is 1. The SMILES string of the molecule is COc1ccc2cc(C(=O)C3CCCNC3)ccc2c1CC#N. The van der Waals surface area contributed by atoms with Crippen molar-refractivity contribution in [3.8, 4) is 11.8 Å². The number of benzene rings is 2. The highest BCUT2D eigenvalue weighted by atomic mass is 16.5. The molecule has 0 aliphatic carbocycles. The summed E-state index contributed by atoms with van der Waals surface area (Å²) in [5.41, 5.74) is 1.63. The molecule has 118 valence electrons. The van der Waals surface area contributed by atoms with Gasteiger partial charge in [-0.15, -0.1) is 0 Å². The summed E-state index contributed by atoms with van der Waals surface area (Å²) in [7, 11) is 1.61. The van der Waals surface area contributed by atoms with Gasteiger partial charge < -0.3 is 10.1 Å². The van der Waals surface area contributed by atoms with Crippen molar-refractivity contribution in [2.24, 2.45) is 5.92 Å². The van der Waals surface area contributed by atoms with Gasteiger partial charge in [-0.1, -0.05) is 18.2 Å². The molecule has 1 atom stereocenters. The monoisotopic (exact) mass is 308 g/mol. The summed E-state index contributed by atoms with van der Waals surface area (Å²) in [6, 6.07) is 11.8. The van der Waals surface area contributed by atoms with Crippen LogP contribution in [0, 0.1) is 17.2 Å². The third-order valence-electron chi connectivity index (χ3n) is 4.52. The number of hydrogen-bond donors (Lipinski definition) is 1. The summed E-state index contributed by atoms with van der Waals surface area (Å²) in [5, 5.41) is 14.3. The lowest BCUT2D eigenvalue weighted by Crippen LogP contribution is -2.34. The smallest absolute Gasteiger partial charge is 0.167 e. The number of rotatable bonds is 4. The summed E-state index contributed by atoms with van der Waals surface area (Å²) < 4.78 is 5.35. The standard InChI is InChI=1S/C19H20N2O2/c1-23-18-7-5-13-11-14(4-6-16(13)17(18)8-9-20)19(22)15-3-2-10-21-12-15/h4-7,11,15,21H,2-3,8,10,12H2,1H3. The van der Waals surface area contributed by atoms with Crippen LogP contribution in [0.25, 0.3) is 10.8 Å². The highest BCUT2D eigenvalue weighted by molar-refractivity contribution is 6.02. The Morgan fingerprint density at radius 1 is 1.39 bits per heavy atom. The lowest BCUT2D eigenvalue weighted by molar-refractivity contribution is 0.0900. The van der Waals surface area contributed by atoms with E-state index in [-0.39, 0.29) is 11.7 Å². The lowest BCUT2D eigenvalue weighted by atomic mass is 9.89. The van der Waals surface area contributed by atoms with Gasteiger partial charge in [-0.2, -0.15) is 5.26 Å². The fourth-order valence-electron chi connectivity index (χ4n) is 3.29. The molecule has 3 rings (SSSR count). The van der Waals surface area contributed by atoms with E-state index in [1.54, 1.807) is 7.11 Å². The molecular formula is C19H20N2O2. The topological polar surface area (TPSA) is 62.1 Å². The van der Waals surface area contributed by atoms with E-state index in [0.717, 1.165) is 53.6 Å². The molecule has 0 saturated carbocycles. The van der Waals surface area contributed by atoms with Crippen LogP contribution in [-0.2, 0) is 6.42 Å². The number of methoxy groups -OCH3 is 1. The molecule has 0 aromatic heterocycles. The number of carbonyl (C=O) groups is 1. The van der Waals surface area contributed by atoms with Crippen LogP contribution in [0.1, 0.15) is 28.8 Å². The first-order chi connectivity index (χ1) is 11.2. The maximum Gasteiger partial charge on any atom is 0.167 e. The second-order valence-electron chi connectivity index (χ2n) is 5.92. The molecule has 2 aromatic rings. The van der Waals surface area contributed by atoms with E-state index in [4.69, 9.17) is 10.00 Å². The van der Waals surface area contributed by atoms with E-state index < -0.39 is 0 Å². The summed E-state index contributed by atoms with van der Waals surface area (Å²) >= 11 is 0. The Hall–Kier alpha value is -2.38. The van der Waals surface area contributed by atoms with Gasteiger partial charge in [0.25, 0.3) is 0 Å². The maximum absolute atomic E-state index is 12.7. The first-order valence-corrected chi connectivity index (χ1v) is 7.96. The van der Waals surface area contributed by atoms with Gasteiger partial charge in [-0.3, -0.25) is 4.79 Å². The van der Waals surface area contributed by atoms with E-state index in [9.17, 15) is 4.79 Å². The summed E-state index contributed by atoms with van der Waals surface area (Å²) in [6.07, 6.45) is 2.29. The van der Waals surface area contributed by atoms with Crippen molar-refractivity contribution >= 4 is 16.6 Å². The average molecular weight is 308 g/mol. The molecule has 4 nitrogen and oxygen atoms in total. The summed E-state index contributed by atoms with van der Waals surface area (Å²) in [6.45, 7) is 1.76. The minimum atomic E-state index is 0.0676. The second kappa shape index (κ2) is 6.80. The molecule has 1 aliphatic rings. The van der Waals surface area contributed by atoms with Crippen molar-refractivity contribution in [1.29, 1.82) is 5.26 Å². The van der Waals surface area contributed by atoms with Gasteiger partial charge >= 0.3 is 0 Å². The van der Waals surface area contributed by atoms with E-state index >= 15 is 0 Å². The Kier molecular flexibility index (Phi) is 4.59. The predicted molar refractivity (Wildman–Crippen MR) is 89.7 cm³/mol. The average Bonchev–Trinajstić information content (AvgIpc) is 2.62. The van der Waals surface area contributed by atoms with Crippen LogP contribution in [0.2, 0.25) is 0 Å². The molecule has 1 N–H and O–H groups in total. The van der Waals surface area contributed by atoms with E-state index in [0.29, 0.717) is 6.42 Å².